The molecule has 3 aliphatic rings. The first-order chi connectivity index (χ1) is 19.6. The number of hydrogen-bond acceptors (Lipinski definition) is 8. The number of pyridine rings is 1. The van der Waals surface area contributed by atoms with Gasteiger partial charge in [0.1, 0.15) is 47.3 Å². The van der Waals surface area contributed by atoms with Crippen LogP contribution >= 0.6 is 11.6 Å². The van der Waals surface area contributed by atoms with Crippen LogP contribution in [-0.4, -0.2) is 71.9 Å². The van der Waals surface area contributed by atoms with Gasteiger partial charge in [0.15, 0.2) is 6.10 Å². The van der Waals surface area contributed by atoms with Crippen molar-refractivity contribution in [1.29, 1.82) is 5.26 Å². The molecule has 2 N–H and O–H groups in total. The number of aromatic amines is 1. The summed E-state index contributed by atoms with van der Waals surface area (Å²) in [6.07, 6.45) is -0.855. The molecule has 10 heteroatoms. The minimum absolute atomic E-state index is 0.141. The third kappa shape index (κ3) is 4.53. The van der Waals surface area contributed by atoms with Gasteiger partial charge >= 0.3 is 0 Å². The average Bonchev–Trinajstić information content (AvgIpc) is 3.75. The highest BCUT2D eigenvalue weighted by Crippen LogP contribution is 2.37. The Bertz CT molecular complexity index is 1570. The summed E-state index contributed by atoms with van der Waals surface area (Å²) in [5, 5.41) is 20.4. The van der Waals surface area contributed by atoms with Crippen molar-refractivity contribution in [3.8, 4) is 29.0 Å². The summed E-state index contributed by atoms with van der Waals surface area (Å²) in [4.78, 5) is 10.2. The van der Waals surface area contributed by atoms with E-state index in [1.165, 1.54) is 0 Å². The summed E-state index contributed by atoms with van der Waals surface area (Å²) >= 11 is 6.66. The maximum atomic E-state index is 10.0. The lowest BCUT2D eigenvalue weighted by Crippen LogP contribution is -2.34. The highest BCUT2D eigenvalue weighted by molar-refractivity contribution is 6.33. The first-order valence-corrected chi connectivity index (χ1v) is 13.7. The lowest BCUT2D eigenvalue weighted by molar-refractivity contribution is 0.00789. The van der Waals surface area contributed by atoms with Gasteiger partial charge in [-0.2, -0.15) is 5.26 Å². The van der Waals surface area contributed by atoms with E-state index in [1.54, 1.807) is 6.07 Å². The zero-order valence-electron chi connectivity index (χ0n) is 21.5. The van der Waals surface area contributed by atoms with Gasteiger partial charge in [0.25, 0.3) is 0 Å². The normalized spacial score (nSPS) is 25.7. The maximum Gasteiger partial charge on any atom is 0.212 e. The predicted molar refractivity (Wildman–Crippen MR) is 149 cm³/mol. The SMILES string of the molecule is N#Cc1c(O[C@@H]2CO[C@H]3[C@@H]2OC[C@H]3O)[nH]c2cc(Cl)c(-c3ccc(N4CC[C@H](Oc5ccccc5)C4)cc3)nc12. The molecular weight excluding hydrogens is 532 g/mol. The Hall–Kier alpha value is -3.81. The molecule has 4 aromatic rings. The Kier molecular flexibility index (Phi) is 6.48. The number of nitrogens with zero attached hydrogens (tertiary/aromatic N) is 3. The number of rotatable bonds is 6. The Balaban J connectivity index is 1.10. The molecule has 0 bridgehead atoms. The summed E-state index contributed by atoms with van der Waals surface area (Å²) < 4.78 is 23.5. The number of aliphatic hydroxyl groups excluding tert-OH is 1. The molecule has 0 radical (unpaired) electrons. The van der Waals surface area contributed by atoms with Gasteiger partial charge < -0.3 is 33.9 Å². The smallest absolute Gasteiger partial charge is 0.212 e. The summed E-state index contributed by atoms with van der Waals surface area (Å²) in [7, 11) is 0. The number of para-hydroxylation sites is 1. The second-order valence-electron chi connectivity index (χ2n) is 10.3. The quantitative estimate of drug-likeness (QED) is 0.360. The molecule has 0 saturated carbocycles. The summed E-state index contributed by atoms with van der Waals surface area (Å²) in [5.41, 5.74) is 3.89. The molecule has 40 heavy (non-hydrogen) atoms. The summed E-state index contributed by atoms with van der Waals surface area (Å²) in [5.74, 6) is 1.18. The van der Waals surface area contributed by atoms with Crippen LogP contribution in [0, 0.1) is 11.3 Å². The van der Waals surface area contributed by atoms with E-state index in [9.17, 15) is 10.4 Å². The van der Waals surface area contributed by atoms with E-state index < -0.39 is 24.4 Å². The maximum absolute atomic E-state index is 10.0. The number of H-pyrrole nitrogens is 1. The van der Waals surface area contributed by atoms with Gasteiger partial charge in [-0.3, -0.25) is 0 Å². The Labute approximate surface area is 235 Å². The fraction of sp³-hybridized carbons (Fsp3) is 0.333. The minimum Gasteiger partial charge on any atom is -0.489 e. The topological polar surface area (TPSA) is 113 Å². The molecule has 0 unspecified atom stereocenters. The Morgan fingerprint density at radius 1 is 1.05 bits per heavy atom. The molecule has 0 amide bonds. The average molecular weight is 559 g/mol. The Morgan fingerprint density at radius 3 is 2.65 bits per heavy atom. The van der Waals surface area contributed by atoms with Crippen molar-refractivity contribution in [2.75, 3.05) is 31.2 Å². The van der Waals surface area contributed by atoms with E-state index in [4.69, 9.17) is 35.5 Å². The van der Waals surface area contributed by atoms with Gasteiger partial charge in [-0.25, -0.2) is 4.98 Å². The molecule has 9 nitrogen and oxygen atoms in total. The van der Waals surface area contributed by atoms with E-state index in [0.29, 0.717) is 21.7 Å². The van der Waals surface area contributed by atoms with Crippen LogP contribution in [-0.2, 0) is 9.47 Å². The van der Waals surface area contributed by atoms with Crippen molar-refractivity contribution < 1.29 is 24.1 Å². The number of benzene rings is 2. The number of fused-ring (bicyclic) bond motifs is 2. The number of ether oxygens (including phenoxy) is 4. The fourth-order valence-corrected chi connectivity index (χ4v) is 6.00. The molecule has 5 heterocycles. The first kappa shape index (κ1) is 25.2. The summed E-state index contributed by atoms with van der Waals surface area (Å²) in [6.45, 7) is 2.19. The molecule has 5 atom stereocenters. The van der Waals surface area contributed by atoms with E-state index in [2.05, 4.69) is 28.1 Å². The van der Waals surface area contributed by atoms with Crippen LogP contribution in [0.5, 0.6) is 11.6 Å². The van der Waals surface area contributed by atoms with Crippen LogP contribution in [0.25, 0.3) is 22.3 Å². The molecule has 2 aromatic heterocycles. The number of hydrogen-bond donors (Lipinski definition) is 2. The van der Waals surface area contributed by atoms with Gasteiger partial charge in [-0.15, -0.1) is 0 Å². The van der Waals surface area contributed by atoms with Crippen molar-refractivity contribution >= 4 is 28.3 Å². The van der Waals surface area contributed by atoms with E-state index >= 15 is 0 Å². The van der Waals surface area contributed by atoms with E-state index in [-0.39, 0.29) is 30.8 Å². The molecule has 7 rings (SSSR count). The molecule has 204 valence electrons. The fourth-order valence-electron chi connectivity index (χ4n) is 5.74. The van der Waals surface area contributed by atoms with Gasteiger partial charge in [-0.1, -0.05) is 41.9 Å². The van der Waals surface area contributed by atoms with Gasteiger partial charge in [0.05, 0.1) is 36.0 Å². The molecule has 0 aliphatic carbocycles. The van der Waals surface area contributed by atoms with Crippen LogP contribution in [0.2, 0.25) is 5.02 Å². The first-order valence-electron chi connectivity index (χ1n) is 13.3. The minimum atomic E-state index is -0.680. The van der Waals surface area contributed by atoms with Crippen molar-refractivity contribution in [2.45, 2.75) is 36.9 Å². The van der Waals surface area contributed by atoms with E-state index in [1.807, 2.05) is 42.5 Å². The van der Waals surface area contributed by atoms with Gasteiger partial charge in [0.2, 0.25) is 5.88 Å². The monoisotopic (exact) mass is 558 g/mol. The van der Waals surface area contributed by atoms with Gasteiger partial charge in [0, 0.05) is 24.2 Å². The predicted octanol–water partition coefficient (Wildman–Crippen LogP) is 4.32. The number of aromatic nitrogens is 2. The molecule has 3 aliphatic heterocycles. The third-order valence-electron chi connectivity index (χ3n) is 7.75. The van der Waals surface area contributed by atoms with Crippen molar-refractivity contribution in [1.82, 2.24) is 9.97 Å². The largest absolute Gasteiger partial charge is 0.489 e. The second kappa shape index (κ2) is 10.3. The van der Waals surface area contributed by atoms with Crippen LogP contribution in [0.4, 0.5) is 5.69 Å². The highest BCUT2D eigenvalue weighted by atomic mass is 35.5. The van der Waals surface area contributed by atoms with E-state index in [0.717, 1.165) is 36.5 Å². The lowest BCUT2D eigenvalue weighted by atomic mass is 10.1. The second-order valence-corrected chi connectivity index (χ2v) is 10.7. The molecular formula is C30H27ClN4O5. The van der Waals surface area contributed by atoms with Crippen molar-refractivity contribution in [2.24, 2.45) is 0 Å². The number of nitrogens with one attached hydrogen (secondary N) is 1. The third-order valence-corrected chi connectivity index (χ3v) is 8.04. The van der Waals surface area contributed by atoms with Crippen LogP contribution < -0.4 is 14.4 Å². The standard InChI is InChI=1S/C30H27ClN4O5/c31-22-12-23-27(21(13-32)30(33-23)40-25-16-38-28-24(36)15-37-29(25)28)34-26(22)17-6-8-18(9-7-17)35-11-10-20(14-35)39-19-4-2-1-3-5-19/h1-9,12,20,24-25,28-29,33,36H,10-11,14-16H2/t20-,24+,25+,28+,29+/m0/s1. The zero-order valence-corrected chi connectivity index (χ0v) is 22.3. The van der Waals surface area contributed by atoms with Gasteiger partial charge in [-0.05, 0) is 30.3 Å². The van der Waals surface area contributed by atoms with Crippen LogP contribution in [0.1, 0.15) is 12.0 Å². The molecule has 3 fully saturated rings. The number of anilines is 1. The number of nitriles is 1. The van der Waals surface area contributed by atoms with Crippen LogP contribution in [0.3, 0.4) is 0 Å². The molecule has 2 aromatic carbocycles. The highest BCUT2D eigenvalue weighted by Gasteiger charge is 2.48. The summed E-state index contributed by atoms with van der Waals surface area (Å²) in [6, 6.07) is 22.0. The number of aliphatic hydroxyl groups is 1. The lowest BCUT2D eigenvalue weighted by Gasteiger charge is -2.19. The molecule has 3 saturated heterocycles. The number of halogens is 1. The van der Waals surface area contributed by atoms with Crippen molar-refractivity contribution in [3.63, 3.8) is 0 Å². The zero-order chi connectivity index (χ0) is 27.2. The Morgan fingerprint density at radius 2 is 1.85 bits per heavy atom. The molecule has 0 spiro atoms. The van der Waals surface area contributed by atoms with Crippen LogP contribution in [0.15, 0.2) is 60.7 Å². The van der Waals surface area contributed by atoms with Crippen molar-refractivity contribution in [3.05, 3.63) is 71.2 Å².